The van der Waals surface area contributed by atoms with Gasteiger partial charge in [-0.05, 0) is 45.4 Å². The lowest BCUT2D eigenvalue weighted by molar-refractivity contribution is 0.202. The van der Waals surface area contributed by atoms with Crippen LogP contribution in [0.15, 0.2) is 24.3 Å². The average Bonchev–Trinajstić information content (AvgIpc) is 2.82. The average molecular weight is 326 g/mol. The molecular formula is C19H26N4O. The smallest absolute Gasteiger partial charge is 0.0991 e. The topological polar surface area (TPSA) is 65.1 Å². The van der Waals surface area contributed by atoms with Crippen molar-refractivity contribution in [1.82, 2.24) is 14.7 Å². The van der Waals surface area contributed by atoms with Crippen molar-refractivity contribution in [2.75, 3.05) is 6.61 Å². The van der Waals surface area contributed by atoms with Crippen LogP contribution in [0.4, 0.5) is 0 Å². The molecule has 0 fully saturated rings. The number of aryl methyl sites for hydroxylation is 1. The van der Waals surface area contributed by atoms with E-state index in [9.17, 15) is 0 Å². The lowest BCUT2D eigenvalue weighted by Crippen LogP contribution is -2.30. The van der Waals surface area contributed by atoms with Crippen molar-refractivity contribution in [3.8, 4) is 6.07 Å². The van der Waals surface area contributed by atoms with Crippen LogP contribution in [0.5, 0.6) is 0 Å². The van der Waals surface area contributed by atoms with Gasteiger partial charge in [0.2, 0.25) is 0 Å². The van der Waals surface area contributed by atoms with Crippen molar-refractivity contribution in [1.29, 1.82) is 5.26 Å². The molecule has 0 bridgehead atoms. The van der Waals surface area contributed by atoms with Gasteiger partial charge < -0.3 is 5.11 Å². The van der Waals surface area contributed by atoms with Crippen molar-refractivity contribution in [3.05, 3.63) is 52.3 Å². The molecule has 5 heteroatoms. The first-order valence-electron chi connectivity index (χ1n) is 8.33. The molecule has 0 saturated heterocycles. The predicted octanol–water partition coefficient (Wildman–Crippen LogP) is 2.77. The van der Waals surface area contributed by atoms with Gasteiger partial charge in [-0.25, -0.2) is 0 Å². The molecule has 1 heterocycles. The summed E-state index contributed by atoms with van der Waals surface area (Å²) in [6.07, 6.45) is 0. The van der Waals surface area contributed by atoms with Gasteiger partial charge in [0.05, 0.1) is 30.5 Å². The molecule has 1 N–H and O–H groups in total. The maximum atomic E-state index is 9.16. The zero-order valence-corrected chi connectivity index (χ0v) is 15.0. The molecule has 0 saturated carbocycles. The van der Waals surface area contributed by atoms with Crippen LogP contribution in [-0.4, -0.2) is 32.4 Å². The highest BCUT2D eigenvalue weighted by atomic mass is 16.3. The van der Waals surface area contributed by atoms with Crippen LogP contribution in [0.2, 0.25) is 0 Å². The molecule has 128 valence electrons. The summed E-state index contributed by atoms with van der Waals surface area (Å²) in [5, 5.41) is 22.6. The molecule has 0 unspecified atom stereocenters. The second-order valence-corrected chi connectivity index (χ2v) is 6.40. The Morgan fingerprint density at radius 1 is 1.21 bits per heavy atom. The minimum Gasteiger partial charge on any atom is -0.394 e. The van der Waals surface area contributed by atoms with E-state index in [2.05, 4.69) is 36.8 Å². The number of hydrogen-bond acceptors (Lipinski definition) is 4. The highest BCUT2D eigenvalue weighted by Crippen LogP contribution is 2.19. The minimum atomic E-state index is 0.0978. The molecule has 0 aliphatic rings. The molecule has 0 aliphatic carbocycles. The zero-order chi connectivity index (χ0) is 17.7. The van der Waals surface area contributed by atoms with Gasteiger partial charge in [-0.15, -0.1) is 0 Å². The van der Waals surface area contributed by atoms with E-state index in [1.807, 2.05) is 35.9 Å². The molecular weight excluding hydrogens is 300 g/mol. The lowest BCUT2D eigenvalue weighted by atomic mass is 10.1. The van der Waals surface area contributed by atoms with Crippen molar-refractivity contribution in [2.24, 2.45) is 0 Å². The van der Waals surface area contributed by atoms with Gasteiger partial charge in [0.25, 0.3) is 0 Å². The molecule has 0 aliphatic heterocycles. The maximum absolute atomic E-state index is 9.16. The summed E-state index contributed by atoms with van der Waals surface area (Å²) >= 11 is 0. The van der Waals surface area contributed by atoms with Gasteiger partial charge in [-0.2, -0.15) is 10.4 Å². The Balaban J connectivity index is 2.18. The fourth-order valence-electron chi connectivity index (χ4n) is 2.82. The summed E-state index contributed by atoms with van der Waals surface area (Å²) in [6, 6.07) is 10.3. The molecule has 1 aromatic heterocycles. The van der Waals surface area contributed by atoms with Crippen molar-refractivity contribution in [3.63, 3.8) is 0 Å². The molecule has 2 aromatic rings. The van der Waals surface area contributed by atoms with Crippen molar-refractivity contribution >= 4 is 0 Å². The standard InChI is InChI=1S/C19H26N4O/c1-14(2)22(12-18-7-5-17(11-20)6-8-18)13-19-15(3)21-23(9-10-24)16(19)4/h5-8,14,24H,9-10,12-13H2,1-4H3. The normalized spacial score (nSPS) is 11.2. The maximum Gasteiger partial charge on any atom is 0.0991 e. The molecule has 0 radical (unpaired) electrons. The molecule has 0 spiro atoms. The summed E-state index contributed by atoms with van der Waals surface area (Å²) < 4.78 is 1.88. The number of nitrogens with zero attached hydrogens (tertiary/aromatic N) is 4. The fraction of sp³-hybridized carbons (Fsp3) is 0.474. The summed E-state index contributed by atoms with van der Waals surface area (Å²) in [4.78, 5) is 2.39. The van der Waals surface area contributed by atoms with Crippen molar-refractivity contribution < 1.29 is 5.11 Å². The molecule has 24 heavy (non-hydrogen) atoms. The highest BCUT2D eigenvalue weighted by molar-refractivity contribution is 5.31. The quantitative estimate of drug-likeness (QED) is 0.850. The van der Waals surface area contributed by atoms with Crippen LogP contribution >= 0.6 is 0 Å². The second-order valence-electron chi connectivity index (χ2n) is 6.40. The second kappa shape index (κ2) is 8.09. The Bertz CT molecular complexity index is 710. The Morgan fingerprint density at radius 2 is 1.88 bits per heavy atom. The molecule has 0 amide bonds. The highest BCUT2D eigenvalue weighted by Gasteiger charge is 2.17. The van der Waals surface area contributed by atoms with Crippen LogP contribution in [0.1, 0.15) is 41.9 Å². The van der Waals surface area contributed by atoms with E-state index in [0.29, 0.717) is 18.2 Å². The number of nitriles is 1. The number of hydrogen-bond donors (Lipinski definition) is 1. The van der Waals surface area contributed by atoms with E-state index in [0.717, 1.165) is 24.5 Å². The third-order valence-electron chi connectivity index (χ3n) is 4.40. The van der Waals surface area contributed by atoms with Gasteiger partial charge in [0, 0.05) is 30.4 Å². The number of benzene rings is 1. The predicted molar refractivity (Wildman–Crippen MR) is 94.3 cm³/mol. The van der Waals surface area contributed by atoms with E-state index in [1.165, 1.54) is 11.1 Å². The van der Waals surface area contributed by atoms with E-state index in [-0.39, 0.29) is 6.61 Å². The first kappa shape index (κ1) is 18.2. The Kier molecular flexibility index (Phi) is 6.13. The molecule has 2 rings (SSSR count). The Morgan fingerprint density at radius 3 is 2.42 bits per heavy atom. The molecule has 0 atom stereocenters. The first-order chi connectivity index (χ1) is 11.5. The van der Waals surface area contributed by atoms with Crippen LogP contribution in [0.25, 0.3) is 0 Å². The van der Waals surface area contributed by atoms with Gasteiger partial charge in [-0.3, -0.25) is 9.58 Å². The number of aliphatic hydroxyl groups is 1. The monoisotopic (exact) mass is 326 g/mol. The fourth-order valence-corrected chi connectivity index (χ4v) is 2.82. The Labute approximate surface area is 144 Å². The van der Waals surface area contributed by atoms with Gasteiger partial charge >= 0.3 is 0 Å². The zero-order valence-electron chi connectivity index (χ0n) is 15.0. The SMILES string of the molecule is Cc1nn(CCO)c(C)c1CN(Cc1ccc(C#N)cc1)C(C)C. The summed E-state index contributed by atoms with van der Waals surface area (Å²) in [5.41, 5.74) is 5.25. The summed E-state index contributed by atoms with van der Waals surface area (Å²) in [7, 11) is 0. The number of aromatic nitrogens is 2. The van der Waals surface area contributed by atoms with Crippen molar-refractivity contribution in [2.45, 2.75) is 53.4 Å². The first-order valence-corrected chi connectivity index (χ1v) is 8.33. The van der Waals surface area contributed by atoms with Crippen LogP contribution in [0, 0.1) is 25.2 Å². The van der Waals surface area contributed by atoms with E-state index in [1.54, 1.807) is 0 Å². The van der Waals surface area contributed by atoms with Crippen LogP contribution in [-0.2, 0) is 19.6 Å². The summed E-state index contributed by atoms with van der Waals surface area (Å²) in [6.45, 7) is 10.7. The summed E-state index contributed by atoms with van der Waals surface area (Å²) in [5.74, 6) is 0. The molecule has 1 aromatic carbocycles. The largest absolute Gasteiger partial charge is 0.394 e. The minimum absolute atomic E-state index is 0.0978. The van der Waals surface area contributed by atoms with E-state index in [4.69, 9.17) is 10.4 Å². The third-order valence-corrected chi connectivity index (χ3v) is 4.40. The van der Waals surface area contributed by atoms with Gasteiger partial charge in [0.1, 0.15) is 0 Å². The van der Waals surface area contributed by atoms with Crippen LogP contribution < -0.4 is 0 Å². The lowest BCUT2D eigenvalue weighted by Gasteiger charge is -2.27. The number of rotatable bonds is 7. The van der Waals surface area contributed by atoms with Gasteiger partial charge in [0.15, 0.2) is 0 Å². The van der Waals surface area contributed by atoms with E-state index < -0.39 is 0 Å². The number of aliphatic hydroxyl groups excluding tert-OH is 1. The Hall–Kier alpha value is -2.16. The molecule has 5 nitrogen and oxygen atoms in total. The van der Waals surface area contributed by atoms with Gasteiger partial charge in [-0.1, -0.05) is 12.1 Å². The van der Waals surface area contributed by atoms with Crippen LogP contribution in [0.3, 0.4) is 0 Å². The van der Waals surface area contributed by atoms with E-state index >= 15 is 0 Å². The third kappa shape index (κ3) is 4.22.